The van der Waals surface area contributed by atoms with Crippen LogP contribution in [0.3, 0.4) is 0 Å². The van der Waals surface area contributed by atoms with Gasteiger partial charge < -0.3 is 14.5 Å². The number of hydrogen-bond acceptors (Lipinski definition) is 6. The number of amides is 2. The number of anilines is 1. The first-order valence-corrected chi connectivity index (χ1v) is 12.2. The average molecular weight is 457 g/mol. The van der Waals surface area contributed by atoms with E-state index in [0.717, 1.165) is 68.4 Å². The molecule has 2 amide bonds. The van der Waals surface area contributed by atoms with Crippen molar-refractivity contribution >= 4 is 28.8 Å². The number of rotatable bonds is 8. The van der Waals surface area contributed by atoms with Crippen LogP contribution in [0.15, 0.2) is 41.8 Å². The SMILES string of the molecule is COc1ccc(N(Cc2cccs2)C(=O)CN2CCN(CC(=O)N3CCCC3)CC2)cc1. The Morgan fingerprint density at radius 2 is 1.59 bits per heavy atom. The second-order valence-electron chi connectivity index (χ2n) is 8.40. The molecule has 0 atom stereocenters. The number of thiophene rings is 1. The highest BCUT2D eigenvalue weighted by Crippen LogP contribution is 2.23. The Labute approximate surface area is 194 Å². The molecule has 0 N–H and O–H groups in total. The van der Waals surface area contributed by atoms with Gasteiger partial charge >= 0.3 is 0 Å². The smallest absolute Gasteiger partial charge is 0.241 e. The number of ether oxygens (including phenoxy) is 1. The maximum Gasteiger partial charge on any atom is 0.241 e. The van der Waals surface area contributed by atoms with Crippen LogP contribution in [-0.2, 0) is 16.1 Å². The number of hydrogen-bond donors (Lipinski definition) is 0. The molecule has 1 aromatic carbocycles. The summed E-state index contributed by atoms with van der Waals surface area (Å²) in [6, 6.07) is 11.7. The molecule has 8 heteroatoms. The molecule has 2 fully saturated rings. The Morgan fingerprint density at radius 1 is 0.938 bits per heavy atom. The average Bonchev–Trinajstić information content (AvgIpc) is 3.53. The summed E-state index contributed by atoms with van der Waals surface area (Å²) >= 11 is 1.66. The zero-order chi connectivity index (χ0) is 22.3. The van der Waals surface area contributed by atoms with Crippen molar-refractivity contribution < 1.29 is 14.3 Å². The van der Waals surface area contributed by atoms with Crippen LogP contribution in [0.4, 0.5) is 5.69 Å². The first-order valence-electron chi connectivity index (χ1n) is 11.3. The van der Waals surface area contributed by atoms with Crippen molar-refractivity contribution in [3.05, 3.63) is 46.7 Å². The molecule has 2 aliphatic rings. The highest BCUT2D eigenvalue weighted by molar-refractivity contribution is 7.09. The van der Waals surface area contributed by atoms with Gasteiger partial charge in [-0.05, 0) is 48.6 Å². The third kappa shape index (κ3) is 5.88. The fourth-order valence-electron chi connectivity index (χ4n) is 4.28. The van der Waals surface area contributed by atoms with Gasteiger partial charge in [-0.2, -0.15) is 0 Å². The summed E-state index contributed by atoms with van der Waals surface area (Å²) in [6.07, 6.45) is 2.25. The Morgan fingerprint density at radius 3 is 2.19 bits per heavy atom. The van der Waals surface area contributed by atoms with Gasteiger partial charge in [0.05, 0.1) is 26.7 Å². The lowest BCUT2D eigenvalue weighted by Crippen LogP contribution is -2.52. The van der Waals surface area contributed by atoms with Gasteiger partial charge in [-0.15, -0.1) is 11.3 Å². The first kappa shape index (κ1) is 22.8. The molecule has 4 rings (SSSR count). The van der Waals surface area contributed by atoms with Crippen LogP contribution in [0.2, 0.25) is 0 Å². The van der Waals surface area contributed by atoms with E-state index < -0.39 is 0 Å². The highest BCUT2D eigenvalue weighted by atomic mass is 32.1. The molecule has 0 aliphatic carbocycles. The fourth-order valence-corrected chi connectivity index (χ4v) is 4.98. The van der Waals surface area contributed by atoms with Crippen LogP contribution in [0.1, 0.15) is 17.7 Å². The van der Waals surface area contributed by atoms with Gasteiger partial charge in [0.2, 0.25) is 11.8 Å². The predicted molar refractivity (Wildman–Crippen MR) is 127 cm³/mol. The minimum absolute atomic E-state index is 0.0881. The summed E-state index contributed by atoms with van der Waals surface area (Å²) in [7, 11) is 1.64. The lowest BCUT2D eigenvalue weighted by atomic mass is 10.2. The van der Waals surface area contributed by atoms with E-state index in [1.807, 2.05) is 45.5 Å². The molecular weight excluding hydrogens is 424 g/mol. The van der Waals surface area contributed by atoms with E-state index in [2.05, 4.69) is 15.9 Å². The van der Waals surface area contributed by atoms with Crippen molar-refractivity contribution in [3.8, 4) is 5.75 Å². The molecule has 2 aliphatic heterocycles. The molecule has 0 unspecified atom stereocenters. The number of methoxy groups -OCH3 is 1. The molecule has 3 heterocycles. The number of benzene rings is 1. The summed E-state index contributed by atoms with van der Waals surface area (Å²) in [6.45, 7) is 6.48. The van der Waals surface area contributed by atoms with Gasteiger partial charge in [0.1, 0.15) is 5.75 Å². The van der Waals surface area contributed by atoms with E-state index in [-0.39, 0.29) is 11.8 Å². The van der Waals surface area contributed by atoms with E-state index >= 15 is 0 Å². The Kier molecular flexibility index (Phi) is 7.78. The Bertz CT molecular complexity index is 873. The molecule has 1 aromatic heterocycles. The van der Waals surface area contributed by atoms with Crippen molar-refractivity contribution in [2.75, 3.05) is 64.4 Å². The number of nitrogens with zero attached hydrogens (tertiary/aromatic N) is 4. The van der Waals surface area contributed by atoms with E-state index in [1.54, 1.807) is 18.4 Å². The van der Waals surface area contributed by atoms with Crippen LogP contribution in [0, 0.1) is 0 Å². The van der Waals surface area contributed by atoms with Crippen LogP contribution in [0.5, 0.6) is 5.75 Å². The molecule has 0 spiro atoms. The number of piperazine rings is 1. The van der Waals surface area contributed by atoms with Crippen LogP contribution >= 0.6 is 11.3 Å². The van der Waals surface area contributed by atoms with E-state index in [0.29, 0.717) is 19.6 Å². The summed E-state index contributed by atoms with van der Waals surface area (Å²) in [4.78, 5) is 35.1. The van der Waals surface area contributed by atoms with Gasteiger partial charge in [0.15, 0.2) is 0 Å². The molecule has 0 radical (unpaired) electrons. The third-order valence-corrected chi connectivity index (χ3v) is 7.08. The summed E-state index contributed by atoms with van der Waals surface area (Å²) in [5.74, 6) is 1.11. The van der Waals surface area contributed by atoms with Gasteiger partial charge in [-0.25, -0.2) is 0 Å². The minimum atomic E-state index is 0.0881. The van der Waals surface area contributed by atoms with Crippen molar-refractivity contribution in [1.29, 1.82) is 0 Å². The topological polar surface area (TPSA) is 56.3 Å². The second-order valence-corrected chi connectivity index (χ2v) is 9.43. The Hall–Kier alpha value is -2.42. The van der Waals surface area contributed by atoms with E-state index in [4.69, 9.17) is 4.74 Å². The molecular formula is C24H32N4O3S. The summed E-state index contributed by atoms with van der Waals surface area (Å²) < 4.78 is 5.27. The van der Waals surface area contributed by atoms with Crippen molar-refractivity contribution in [2.45, 2.75) is 19.4 Å². The zero-order valence-corrected chi connectivity index (χ0v) is 19.6. The van der Waals surface area contributed by atoms with Crippen LogP contribution in [0.25, 0.3) is 0 Å². The van der Waals surface area contributed by atoms with Crippen molar-refractivity contribution in [2.24, 2.45) is 0 Å². The van der Waals surface area contributed by atoms with Gasteiger partial charge in [0, 0.05) is 49.8 Å². The maximum atomic E-state index is 13.3. The maximum absolute atomic E-state index is 13.3. The van der Waals surface area contributed by atoms with Crippen molar-refractivity contribution in [1.82, 2.24) is 14.7 Å². The predicted octanol–water partition coefficient (Wildman–Crippen LogP) is 2.53. The van der Waals surface area contributed by atoms with E-state index in [9.17, 15) is 9.59 Å². The van der Waals surface area contributed by atoms with Crippen molar-refractivity contribution in [3.63, 3.8) is 0 Å². The minimum Gasteiger partial charge on any atom is -0.497 e. The Balaban J connectivity index is 1.33. The monoisotopic (exact) mass is 456 g/mol. The van der Waals surface area contributed by atoms with Crippen LogP contribution < -0.4 is 9.64 Å². The summed E-state index contributed by atoms with van der Waals surface area (Å²) in [5.41, 5.74) is 0.874. The number of likely N-dealkylation sites (tertiary alicyclic amines) is 1. The van der Waals surface area contributed by atoms with Gasteiger partial charge in [-0.1, -0.05) is 6.07 Å². The molecule has 2 aromatic rings. The zero-order valence-electron chi connectivity index (χ0n) is 18.7. The largest absolute Gasteiger partial charge is 0.497 e. The first-order chi connectivity index (χ1) is 15.6. The number of carbonyl (C=O) groups is 2. The highest BCUT2D eigenvalue weighted by Gasteiger charge is 2.26. The lowest BCUT2D eigenvalue weighted by molar-refractivity contribution is -0.132. The molecule has 172 valence electrons. The van der Waals surface area contributed by atoms with E-state index in [1.165, 1.54) is 0 Å². The third-order valence-electron chi connectivity index (χ3n) is 6.22. The second kappa shape index (κ2) is 10.9. The molecule has 0 bridgehead atoms. The fraction of sp³-hybridized carbons (Fsp3) is 0.500. The lowest BCUT2D eigenvalue weighted by Gasteiger charge is -2.35. The molecule has 2 saturated heterocycles. The van der Waals surface area contributed by atoms with Gasteiger partial charge in [-0.3, -0.25) is 19.4 Å². The standard InChI is InChI=1S/C24H32N4O3S/c1-31-21-8-6-20(7-9-21)28(17-22-5-4-16-32-22)24(30)19-26-14-12-25(13-15-26)18-23(29)27-10-2-3-11-27/h4-9,16H,2-3,10-15,17-19H2,1H3. The quantitative estimate of drug-likeness (QED) is 0.611. The molecule has 0 saturated carbocycles. The molecule has 32 heavy (non-hydrogen) atoms. The normalized spacial score (nSPS) is 17.5. The molecule has 7 nitrogen and oxygen atoms in total. The van der Waals surface area contributed by atoms with Crippen LogP contribution in [-0.4, -0.2) is 86.0 Å². The van der Waals surface area contributed by atoms with Gasteiger partial charge in [0.25, 0.3) is 0 Å². The summed E-state index contributed by atoms with van der Waals surface area (Å²) in [5, 5.41) is 2.04. The number of carbonyl (C=O) groups excluding carboxylic acids is 2.